The molecule has 0 spiro atoms. The summed E-state index contributed by atoms with van der Waals surface area (Å²) in [6.45, 7) is 0.758. The first-order valence-electron chi connectivity index (χ1n) is 6.67. The normalized spacial score (nSPS) is 13.1. The summed E-state index contributed by atoms with van der Waals surface area (Å²) in [5.74, 6) is 0. The van der Waals surface area contributed by atoms with Gasteiger partial charge in [-0.15, -0.1) is 0 Å². The topological polar surface area (TPSA) is 40.8 Å². The molecule has 0 saturated heterocycles. The van der Waals surface area contributed by atoms with E-state index in [-0.39, 0.29) is 0 Å². The highest BCUT2D eigenvalue weighted by molar-refractivity contribution is 5.50. The fourth-order valence-corrected chi connectivity index (χ4v) is 2.73. The van der Waals surface area contributed by atoms with Gasteiger partial charge in [0.2, 0.25) is 0 Å². The Kier molecular flexibility index (Phi) is 3.00. The van der Waals surface area contributed by atoms with Crippen molar-refractivity contribution in [2.24, 2.45) is 7.05 Å². The quantitative estimate of drug-likeness (QED) is 0.911. The maximum absolute atomic E-state index is 8.93. The van der Waals surface area contributed by atoms with Gasteiger partial charge >= 0.3 is 0 Å². The summed E-state index contributed by atoms with van der Waals surface area (Å²) >= 11 is 0. The number of hydrogen-bond donors (Lipinski definition) is 1. The number of hydrogen-bond acceptors (Lipinski definition) is 2. The Labute approximate surface area is 113 Å². The lowest BCUT2D eigenvalue weighted by Gasteiger charge is -2.07. The van der Waals surface area contributed by atoms with Crippen LogP contribution in [0.25, 0.3) is 0 Å². The van der Waals surface area contributed by atoms with Crippen molar-refractivity contribution in [1.29, 1.82) is 5.26 Å². The molecule has 96 valence electrons. The van der Waals surface area contributed by atoms with Crippen molar-refractivity contribution in [1.82, 2.24) is 4.57 Å². The van der Waals surface area contributed by atoms with E-state index in [1.54, 1.807) is 0 Å². The fraction of sp³-hybridized carbons (Fsp3) is 0.312. The molecule has 1 aliphatic carbocycles. The first-order chi connectivity index (χ1) is 9.26. The average molecular weight is 251 g/mol. The van der Waals surface area contributed by atoms with E-state index in [2.05, 4.69) is 29.6 Å². The number of benzene rings is 1. The number of fused-ring (bicyclic) bond motifs is 1. The van der Waals surface area contributed by atoms with Crippen LogP contribution in [0.1, 0.15) is 28.8 Å². The van der Waals surface area contributed by atoms with Crippen LogP contribution in [0.15, 0.2) is 30.5 Å². The third-order valence-corrected chi connectivity index (χ3v) is 3.77. The summed E-state index contributed by atoms with van der Waals surface area (Å²) < 4.78 is 1.86. The number of nitrogens with zero attached hydrogens (tertiary/aromatic N) is 2. The monoisotopic (exact) mass is 251 g/mol. The van der Waals surface area contributed by atoms with Crippen LogP contribution in [0.4, 0.5) is 5.69 Å². The van der Waals surface area contributed by atoms with E-state index >= 15 is 0 Å². The van der Waals surface area contributed by atoms with Crippen molar-refractivity contribution in [3.8, 4) is 6.07 Å². The second-order valence-electron chi connectivity index (χ2n) is 5.15. The van der Waals surface area contributed by atoms with Crippen molar-refractivity contribution >= 4 is 5.69 Å². The highest BCUT2D eigenvalue weighted by Gasteiger charge is 2.10. The van der Waals surface area contributed by atoms with E-state index in [4.69, 9.17) is 5.26 Å². The van der Waals surface area contributed by atoms with E-state index in [0.717, 1.165) is 12.1 Å². The summed E-state index contributed by atoms with van der Waals surface area (Å²) in [4.78, 5) is 0. The minimum atomic E-state index is 0.700. The van der Waals surface area contributed by atoms with Gasteiger partial charge in [-0.2, -0.15) is 5.26 Å². The Balaban J connectivity index is 1.70. The molecule has 0 aliphatic heterocycles. The zero-order valence-corrected chi connectivity index (χ0v) is 11.1. The largest absolute Gasteiger partial charge is 0.381 e. The summed E-state index contributed by atoms with van der Waals surface area (Å²) in [5.41, 5.74) is 5.99. The van der Waals surface area contributed by atoms with Gasteiger partial charge in [0.25, 0.3) is 0 Å². The van der Waals surface area contributed by atoms with E-state index in [9.17, 15) is 0 Å². The molecule has 19 heavy (non-hydrogen) atoms. The molecule has 1 aromatic carbocycles. The Morgan fingerprint density at radius 1 is 1.26 bits per heavy atom. The van der Waals surface area contributed by atoms with E-state index in [1.807, 2.05) is 23.9 Å². The molecule has 1 aromatic heterocycles. The lowest BCUT2D eigenvalue weighted by molar-refractivity contribution is 0.902. The lowest BCUT2D eigenvalue weighted by atomic mass is 10.1. The maximum atomic E-state index is 8.93. The third-order valence-electron chi connectivity index (χ3n) is 3.77. The van der Waals surface area contributed by atoms with Gasteiger partial charge in [-0.3, -0.25) is 0 Å². The predicted octanol–water partition coefficient (Wildman–Crippen LogP) is 3.00. The Bertz CT molecular complexity index is 646. The van der Waals surface area contributed by atoms with Crippen LogP contribution in [-0.2, 0) is 26.4 Å². The van der Waals surface area contributed by atoms with Crippen LogP contribution in [-0.4, -0.2) is 4.57 Å². The number of nitrogens with one attached hydrogen (secondary N) is 1. The average Bonchev–Trinajstić information content (AvgIpc) is 3.01. The van der Waals surface area contributed by atoms with Gasteiger partial charge in [-0.05, 0) is 54.2 Å². The molecule has 0 bridgehead atoms. The van der Waals surface area contributed by atoms with Crippen LogP contribution in [0, 0.1) is 11.3 Å². The Morgan fingerprint density at radius 2 is 2.11 bits per heavy atom. The number of anilines is 1. The number of rotatable bonds is 3. The SMILES string of the molecule is Cn1cc(CNc2ccc3c(c2)CCC3)cc1C#N. The maximum Gasteiger partial charge on any atom is 0.120 e. The van der Waals surface area contributed by atoms with Crippen molar-refractivity contribution < 1.29 is 0 Å². The molecule has 0 saturated carbocycles. The smallest absolute Gasteiger partial charge is 0.120 e. The molecule has 1 N–H and O–H groups in total. The van der Waals surface area contributed by atoms with Gasteiger partial charge in [-0.1, -0.05) is 6.07 Å². The number of nitriles is 1. The molecule has 3 nitrogen and oxygen atoms in total. The van der Waals surface area contributed by atoms with Crippen molar-refractivity contribution in [2.45, 2.75) is 25.8 Å². The lowest BCUT2D eigenvalue weighted by Crippen LogP contribution is -1.99. The first-order valence-corrected chi connectivity index (χ1v) is 6.67. The van der Waals surface area contributed by atoms with Gasteiger partial charge in [0.05, 0.1) is 0 Å². The first kappa shape index (κ1) is 11.9. The highest BCUT2D eigenvalue weighted by Crippen LogP contribution is 2.25. The van der Waals surface area contributed by atoms with Crippen LogP contribution in [0.3, 0.4) is 0 Å². The molecule has 0 amide bonds. The molecule has 0 radical (unpaired) electrons. The van der Waals surface area contributed by atoms with Crippen LogP contribution in [0.2, 0.25) is 0 Å². The third kappa shape index (κ3) is 2.34. The molecule has 3 heteroatoms. The molecule has 0 atom stereocenters. The molecular weight excluding hydrogens is 234 g/mol. The molecule has 2 aromatic rings. The minimum Gasteiger partial charge on any atom is -0.381 e. The molecule has 1 heterocycles. The summed E-state index contributed by atoms with van der Waals surface area (Å²) in [7, 11) is 1.90. The molecule has 0 fully saturated rings. The predicted molar refractivity (Wildman–Crippen MR) is 75.9 cm³/mol. The van der Waals surface area contributed by atoms with Crippen molar-refractivity contribution in [2.75, 3.05) is 5.32 Å². The Hall–Kier alpha value is -2.21. The van der Waals surface area contributed by atoms with Crippen LogP contribution in [0.5, 0.6) is 0 Å². The summed E-state index contributed by atoms with van der Waals surface area (Å²) in [6.07, 6.45) is 5.70. The second kappa shape index (κ2) is 4.81. The van der Waals surface area contributed by atoms with Crippen molar-refractivity contribution in [3.05, 3.63) is 52.8 Å². The van der Waals surface area contributed by atoms with E-state index in [0.29, 0.717) is 5.69 Å². The number of aromatic nitrogens is 1. The van der Waals surface area contributed by atoms with Gasteiger partial charge in [0.1, 0.15) is 11.8 Å². The second-order valence-corrected chi connectivity index (χ2v) is 5.15. The Morgan fingerprint density at radius 3 is 2.89 bits per heavy atom. The highest BCUT2D eigenvalue weighted by atomic mass is 14.9. The van der Waals surface area contributed by atoms with Crippen LogP contribution >= 0.6 is 0 Å². The van der Waals surface area contributed by atoms with Gasteiger partial charge in [-0.25, -0.2) is 0 Å². The standard InChI is InChI=1S/C16H17N3/c1-19-11-12(7-16(19)9-17)10-18-15-6-5-13-3-2-4-14(13)8-15/h5-8,11,18H,2-4,10H2,1H3. The molecule has 0 unspecified atom stereocenters. The van der Waals surface area contributed by atoms with Gasteiger partial charge in [0.15, 0.2) is 0 Å². The van der Waals surface area contributed by atoms with Crippen molar-refractivity contribution in [3.63, 3.8) is 0 Å². The molecule has 3 rings (SSSR count). The van der Waals surface area contributed by atoms with E-state index in [1.165, 1.54) is 36.1 Å². The zero-order valence-electron chi connectivity index (χ0n) is 11.1. The van der Waals surface area contributed by atoms with Gasteiger partial charge < -0.3 is 9.88 Å². The van der Waals surface area contributed by atoms with Crippen LogP contribution < -0.4 is 5.32 Å². The summed E-state index contributed by atoms with van der Waals surface area (Å²) in [5, 5.41) is 12.4. The van der Waals surface area contributed by atoms with E-state index < -0.39 is 0 Å². The molecule has 1 aliphatic rings. The fourth-order valence-electron chi connectivity index (χ4n) is 2.73. The van der Waals surface area contributed by atoms with Gasteiger partial charge in [0, 0.05) is 25.5 Å². The zero-order chi connectivity index (χ0) is 13.2. The number of aryl methyl sites for hydroxylation is 3. The summed E-state index contributed by atoms with van der Waals surface area (Å²) in [6, 6.07) is 10.8. The molecular formula is C16H17N3. The minimum absolute atomic E-state index is 0.700.